The third-order valence-corrected chi connectivity index (χ3v) is 3.69. The molecule has 0 bridgehead atoms. The summed E-state index contributed by atoms with van der Waals surface area (Å²) in [6, 6.07) is 0. The number of carbonyl (C=O) groups excluding carboxylic acids is 1. The van der Waals surface area contributed by atoms with E-state index in [0.717, 1.165) is 24.0 Å². The van der Waals surface area contributed by atoms with Crippen LogP contribution in [0.15, 0.2) is 12.7 Å². The number of amides is 1. The number of rotatable bonds is 8. The Morgan fingerprint density at radius 1 is 1.25 bits per heavy atom. The zero-order valence-corrected chi connectivity index (χ0v) is 11.3. The van der Waals surface area contributed by atoms with E-state index in [1.807, 2.05) is 7.05 Å². The highest BCUT2D eigenvalue weighted by atomic mass is 16.2. The number of nitrogens with zero attached hydrogens (tertiary/aromatic N) is 2. The van der Waals surface area contributed by atoms with Crippen LogP contribution in [0.5, 0.6) is 0 Å². The summed E-state index contributed by atoms with van der Waals surface area (Å²) in [4.78, 5) is 13.0. The molecule has 0 saturated carbocycles. The van der Waals surface area contributed by atoms with Crippen LogP contribution in [-0.2, 0) is 4.79 Å². The number of carbonyl (C=O) groups is 1. The van der Waals surface area contributed by atoms with Gasteiger partial charge in [-0.1, -0.05) is 6.58 Å². The molecule has 0 aromatic rings. The lowest BCUT2D eigenvalue weighted by molar-refractivity contribution is -0.923. The fraction of sp³-hybridized carbons (Fsp3) is 0.769. The highest BCUT2D eigenvalue weighted by Crippen LogP contribution is 2.07. The molecule has 94 valence electrons. The van der Waals surface area contributed by atoms with Crippen LogP contribution in [-0.4, -0.2) is 55.1 Å². The van der Waals surface area contributed by atoms with E-state index in [1.54, 1.807) is 4.90 Å². The fourth-order valence-electron chi connectivity index (χ4n) is 2.05. The van der Waals surface area contributed by atoms with E-state index in [2.05, 4.69) is 27.4 Å². The van der Waals surface area contributed by atoms with E-state index in [4.69, 9.17) is 0 Å². The van der Waals surface area contributed by atoms with Crippen LogP contribution >= 0.6 is 0 Å². The van der Waals surface area contributed by atoms with Gasteiger partial charge in [0.05, 0.1) is 26.2 Å². The molecule has 0 heterocycles. The molecule has 0 aliphatic heterocycles. The zero-order chi connectivity index (χ0) is 12.6. The van der Waals surface area contributed by atoms with E-state index >= 15 is 0 Å². The predicted octanol–water partition coefficient (Wildman–Crippen LogP) is 1.90. The minimum absolute atomic E-state index is 0.0163. The Bertz CT molecular complexity index is 214. The van der Waals surface area contributed by atoms with Crippen LogP contribution in [0.3, 0.4) is 0 Å². The molecule has 0 aromatic heterocycles. The molecule has 0 N–H and O–H groups in total. The molecule has 3 heteroatoms. The Morgan fingerprint density at radius 3 is 2.12 bits per heavy atom. The van der Waals surface area contributed by atoms with Gasteiger partial charge in [0.15, 0.2) is 0 Å². The van der Waals surface area contributed by atoms with E-state index in [-0.39, 0.29) is 5.91 Å². The zero-order valence-electron chi connectivity index (χ0n) is 11.3. The fourth-order valence-corrected chi connectivity index (χ4v) is 2.05. The highest BCUT2D eigenvalue weighted by molar-refractivity contribution is 5.86. The quantitative estimate of drug-likeness (QED) is 0.458. The molecule has 3 nitrogen and oxygen atoms in total. The van der Waals surface area contributed by atoms with Crippen LogP contribution in [0.2, 0.25) is 0 Å². The first kappa shape index (κ1) is 15.2. The van der Waals surface area contributed by atoms with Crippen LogP contribution in [0.1, 0.15) is 27.2 Å². The van der Waals surface area contributed by atoms with Crippen LogP contribution in [0.4, 0.5) is 0 Å². The number of likely N-dealkylation sites (N-methyl/N-ethyl adjacent to an activating group) is 1. The van der Waals surface area contributed by atoms with Crippen molar-refractivity contribution in [2.75, 3.05) is 39.8 Å². The topological polar surface area (TPSA) is 20.3 Å². The molecule has 0 rings (SSSR count). The van der Waals surface area contributed by atoms with Crippen molar-refractivity contribution in [1.29, 1.82) is 0 Å². The van der Waals surface area contributed by atoms with Gasteiger partial charge in [-0.2, -0.15) is 0 Å². The average molecular weight is 227 g/mol. The summed E-state index contributed by atoms with van der Waals surface area (Å²) < 4.78 is 1.15. The summed E-state index contributed by atoms with van der Waals surface area (Å²) in [5.41, 5.74) is 0. The van der Waals surface area contributed by atoms with Crippen LogP contribution in [0, 0.1) is 0 Å². The monoisotopic (exact) mass is 227 g/mol. The van der Waals surface area contributed by atoms with Gasteiger partial charge in [0.1, 0.15) is 0 Å². The van der Waals surface area contributed by atoms with E-state index in [9.17, 15) is 4.79 Å². The second-order valence-corrected chi connectivity index (χ2v) is 4.33. The maximum Gasteiger partial charge on any atom is 0.245 e. The maximum absolute atomic E-state index is 11.3. The summed E-state index contributed by atoms with van der Waals surface area (Å²) >= 11 is 0. The molecule has 0 aliphatic rings. The normalized spacial score (nSPS) is 11.2. The average Bonchev–Trinajstić information content (AvgIpc) is 2.34. The van der Waals surface area contributed by atoms with Crippen molar-refractivity contribution in [2.24, 2.45) is 0 Å². The molecule has 0 fully saturated rings. The van der Waals surface area contributed by atoms with Gasteiger partial charge in [0.2, 0.25) is 5.91 Å². The minimum atomic E-state index is 0.0163. The Kier molecular flexibility index (Phi) is 7.06. The van der Waals surface area contributed by atoms with Crippen molar-refractivity contribution >= 4 is 5.91 Å². The molecule has 1 amide bonds. The Hall–Kier alpha value is -0.830. The molecular formula is C13H27N2O+. The highest BCUT2D eigenvalue weighted by Gasteiger charge is 2.20. The van der Waals surface area contributed by atoms with Gasteiger partial charge in [-0.25, -0.2) is 0 Å². The van der Waals surface area contributed by atoms with Gasteiger partial charge in [-0.05, 0) is 26.8 Å². The molecule has 0 aromatic carbocycles. The van der Waals surface area contributed by atoms with E-state index in [1.165, 1.54) is 25.7 Å². The van der Waals surface area contributed by atoms with Gasteiger partial charge < -0.3 is 9.38 Å². The van der Waals surface area contributed by atoms with Gasteiger partial charge >= 0.3 is 0 Å². The predicted molar refractivity (Wildman–Crippen MR) is 69.2 cm³/mol. The number of quaternary nitrogens is 1. The second kappa shape index (κ2) is 7.44. The third kappa shape index (κ3) is 4.35. The van der Waals surface area contributed by atoms with Crippen LogP contribution in [0.25, 0.3) is 0 Å². The summed E-state index contributed by atoms with van der Waals surface area (Å²) in [5, 5.41) is 0. The molecule has 0 unspecified atom stereocenters. The standard InChI is InChI=1S/C13H27N2O/c1-6-13(16)14(5)11-10-12-15(7-2,8-3)9-4/h6H,1,7-12H2,2-5H3/q+1. The third-order valence-electron chi connectivity index (χ3n) is 3.69. The van der Waals surface area contributed by atoms with Crippen molar-refractivity contribution in [2.45, 2.75) is 27.2 Å². The molecule has 0 spiro atoms. The van der Waals surface area contributed by atoms with Gasteiger partial charge in [0.25, 0.3) is 0 Å². The Morgan fingerprint density at radius 2 is 1.75 bits per heavy atom. The summed E-state index contributed by atoms with van der Waals surface area (Å²) in [6.07, 6.45) is 2.44. The lowest BCUT2D eigenvalue weighted by atomic mass is 10.2. The lowest BCUT2D eigenvalue weighted by Crippen LogP contribution is -2.48. The Balaban J connectivity index is 4.04. The molecule has 0 atom stereocenters. The van der Waals surface area contributed by atoms with Crippen molar-refractivity contribution in [3.05, 3.63) is 12.7 Å². The summed E-state index contributed by atoms with van der Waals surface area (Å²) in [5.74, 6) is 0.0163. The molecule has 0 saturated heterocycles. The van der Waals surface area contributed by atoms with E-state index in [0.29, 0.717) is 0 Å². The lowest BCUT2D eigenvalue weighted by Gasteiger charge is -2.36. The van der Waals surface area contributed by atoms with Gasteiger partial charge in [-0.15, -0.1) is 0 Å². The van der Waals surface area contributed by atoms with Crippen molar-refractivity contribution in [1.82, 2.24) is 4.90 Å². The summed E-state index contributed by atoms with van der Waals surface area (Å²) in [6.45, 7) is 15.7. The molecule has 0 radical (unpaired) electrons. The first-order valence-electron chi connectivity index (χ1n) is 6.27. The maximum atomic E-state index is 11.3. The van der Waals surface area contributed by atoms with Gasteiger partial charge in [0, 0.05) is 20.0 Å². The molecule has 16 heavy (non-hydrogen) atoms. The smallest absolute Gasteiger partial charge is 0.245 e. The van der Waals surface area contributed by atoms with E-state index < -0.39 is 0 Å². The Labute approximate surface area is 100 Å². The second-order valence-electron chi connectivity index (χ2n) is 4.33. The number of hydrogen-bond donors (Lipinski definition) is 0. The largest absolute Gasteiger partial charge is 0.342 e. The molecular weight excluding hydrogens is 200 g/mol. The minimum Gasteiger partial charge on any atom is -0.342 e. The SMILES string of the molecule is C=CC(=O)N(C)CCC[N+](CC)(CC)CC. The molecule has 0 aliphatic carbocycles. The first-order chi connectivity index (χ1) is 7.55. The van der Waals surface area contributed by atoms with Crippen molar-refractivity contribution < 1.29 is 9.28 Å². The van der Waals surface area contributed by atoms with Crippen molar-refractivity contribution in [3.63, 3.8) is 0 Å². The van der Waals surface area contributed by atoms with Crippen molar-refractivity contribution in [3.8, 4) is 0 Å². The van der Waals surface area contributed by atoms with Gasteiger partial charge in [-0.3, -0.25) is 4.79 Å². The van der Waals surface area contributed by atoms with Crippen LogP contribution < -0.4 is 0 Å². The first-order valence-corrected chi connectivity index (χ1v) is 6.27. The number of hydrogen-bond acceptors (Lipinski definition) is 1. The summed E-state index contributed by atoms with van der Waals surface area (Å²) in [7, 11) is 1.84.